The van der Waals surface area contributed by atoms with Gasteiger partial charge in [-0.2, -0.15) is 4.31 Å². The Hall–Kier alpha value is -1.35. The van der Waals surface area contributed by atoms with E-state index in [1.54, 1.807) is 20.9 Å². The third-order valence-electron chi connectivity index (χ3n) is 3.82. The van der Waals surface area contributed by atoms with Gasteiger partial charge in [0, 0.05) is 25.7 Å². The van der Waals surface area contributed by atoms with Crippen LogP contribution in [0.3, 0.4) is 0 Å². The minimum absolute atomic E-state index is 0. The van der Waals surface area contributed by atoms with Crippen LogP contribution in [-0.2, 0) is 10.0 Å². The minimum Gasteiger partial charge on any atom is -0.496 e. The van der Waals surface area contributed by atoms with Crippen LogP contribution in [0.2, 0.25) is 0 Å². The normalized spacial score (nSPS) is 12.4. The molecule has 0 aliphatic heterocycles. The summed E-state index contributed by atoms with van der Waals surface area (Å²) in [6, 6.07) is 4.43. The van der Waals surface area contributed by atoms with Crippen molar-refractivity contribution in [3.63, 3.8) is 0 Å². The number of benzene rings is 1. The molecule has 1 atom stereocenters. The zero-order valence-electron chi connectivity index (χ0n) is 15.3. The standard InChI is InChI=1S/C16H27N3O4S.ClH/c1-6-19(7-2)24(21,22)13-8-9-15(23-5)14(10-13)16(20)18-11-12(3)17-4;/h8-10,12,17H,6-7,11H2,1-5H3,(H,18,20);1H. The zero-order chi connectivity index (χ0) is 18.3. The number of halogens is 1. The summed E-state index contributed by atoms with van der Waals surface area (Å²) >= 11 is 0. The second-order valence-electron chi connectivity index (χ2n) is 5.35. The molecule has 0 fully saturated rings. The van der Waals surface area contributed by atoms with Crippen LogP contribution >= 0.6 is 12.4 Å². The van der Waals surface area contributed by atoms with E-state index in [2.05, 4.69) is 10.6 Å². The molecule has 0 saturated carbocycles. The van der Waals surface area contributed by atoms with Crippen molar-refractivity contribution in [2.24, 2.45) is 0 Å². The van der Waals surface area contributed by atoms with Crippen LogP contribution in [0.25, 0.3) is 0 Å². The van der Waals surface area contributed by atoms with Crippen molar-refractivity contribution < 1.29 is 17.9 Å². The van der Waals surface area contributed by atoms with Crippen molar-refractivity contribution in [2.45, 2.75) is 31.7 Å². The SMILES string of the molecule is CCN(CC)S(=O)(=O)c1ccc(OC)c(C(=O)NCC(C)NC)c1.Cl. The van der Waals surface area contributed by atoms with E-state index in [9.17, 15) is 13.2 Å². The molecule has 2 N–H and O–H groups in total. The highest BCUT2D eigenvalue weighted by atomic mass is 35.5. The molecule has 0 aromatic heterocycles. The fourth-order valence-electron chi connectivity index (χ4n) is 2.18. The van der Waals surface area contributed by atoms with Gasteiger partial charge in [0.05, 0.1) is 17.6 Å². The molecule has 0 aliphatic rings. The first-order chi connectivity index (χ1) is 11.3. The molecule has 0 spiro atoms. The summed E-state index contributed by atoms with van der Waals surface area (Å²) in [5.74, 6) is -0.0337. The third kappa shape index (κ3) is 5.85. The number of carbonyl (C=O) groups is 1. The van der Waals surface area contributed by atoms with Crippen LogP contribution in [0, 0.1) is 0 Å². The van der Waals surface area contributed by atoms with E-state index in [1.165, 1.54) is 29.6 Å². The first-order valence-electron chi connectivity index (χ1n) is 7.95. The van der Waals surface area contributed by atoms with Crippen LogP contribution in [0.4, 0.5) is 0 Å². The maximum Gasteiger partial charge on any atom is 0.255 e. The number of ether oxygens (including phenoxy) is 1. The summed E-state index contributed by atoms with van der Waals surface area (Å²) < 4.78 is 31.8. The predicted molar refractivity (Wildman–Crippen MR) is 101 cm³/mol. The van der Waals surface area contributed by atoms with Crippen molar-refractivity contribution in [3.05, 3.63) is 23.8 Å². The molecule has 1 rings (SSSR count). The Balaban J connectivity index is 0.00000576. The van der Waals surface area contributed by atoms with Crippen molar-refractivity contribution in [2.75, 3.05) is 33.8 Å². The van der Waals surface area contributed by atoms with Gasteiger partial charge < -0.3 is 15.4 Å². The van der Waals surface area contributed by atoms with Crippen molar-refractivity contribution in [1.29, 1.82) is 0 Å². The lowest BCUT2D eigenvalue weighted by molar-refractivity contribution is 0.0947. The summed E-state index contributed by atoms with van der Waals surface area (Å²) in [5, 5.41) is 5.79. The number of hydrogen-bond donors (Lipinski definition) is 2. The van der Waals surface area contributed by atoms with Gasteiger partial charge in [0.1, 0.15) is 5.75 Å². The summed E-state index contributed by atoms with van der Waals surface area (Å²) in [6.45, 7) is 6.64. The highest BCUT2D eigenvalue weighted by molar-refractivity contribution is 7.89. The quantitative estimate of drug-likeness (QED) is 0.663. The van der Waals surface area contributed by atoms with Gasteiger partial charge >= 0.3 is 0 Å². The van der Waals surface area contributed by atoms with E-state index < -0.39 is 10.0 Å². The number of methoxy groups -OCH3 is 1. The Labute approximate surface area is 156 Å². The van der Waals surface area contributed by atoms with Crippen molar-refractivity contribution in [1.82, 2.24) is 14.9 Å². The maximum atomic E-state index is 12.6. The number of amides is 1. The molecule has 144 valence electrons. The van der Waals surface area contributed by atoms with Gasteiger partial charge in [-0.25, -0.2) is 8.42 Å². The van der Waals surface area contributed by atoms with E-state index in [0.29, 0.717) is 25.4 Å². The lowest BCUT2D eigenvalue weighted by Crippen LogP contribution is -2.37. The molecule has 1 aromatic carbocycles. The Morgan fingerprint density at radius 2 is 1.88 bits per heavy atom. The van der Waals surface area contributed by atoms with Gasteiger partial charge in [0.15, 0.2) is 0 Å². The number of nitrogens with one attached hydrogen (secondary N) is 2. The second kappa shape index (κ2) is 10.6. The largest absolute Gasteiger partial charge is 0.496 e. The fourth-order valence-corrected chi connectivity index (χ4v) is 3.67. The lowest BCUT2D eigenvalue weighted by Gasteiger charge is -2.19. The van der Waals surface area contributed by atoms with Crippen molar-refractivity contribution in [3.8, 4) is 5.75 Å². The van der Waals surface area contributed by atoms with Crippen LogP contribution in [0.15, 0.2) is 23.1 Å². The van der Waals surface area contributed by atoms with E-state index in [0.717, 1.165) is 0 Å². The molecule has 0 radical (unpaired) electrons. The summed E-state index contributed by atoms with van der Waals surface area (Å²) in [5.41, 5.74) is 0.203. The van der Waals surface area contributed by atoms with Crippen LogP contribution in [0.5, 0.6) is 5.75 Å². The summed E-state index contributed by atoms with van der Waals surface area (Å²) in [7, 11) is -0.387. The molecule has 9 heteroatoms. The zero-order valence-corrected chi connectivity index (χ0v) is 17.0. The number of sulfonamides is 1. The van der Waals surface area contributed by atoms with Gasteiger partial charge in [-0.3, -0.25) is 4.79 Å². The minimum atomic E-state index is -3.63. The third-order valence-corrected chi connectivity index (χ3v) is 5.87. The summed E-state index contributed by atoms with van der Waals surface area (Å²) in [4.78, 5) is 12.5. The number of nitrogens with zero attached hydrogens (tertiary/aromatic N) is 1. The Kier molecular flexibility index (Phi) is 10.0. The average Bonchev–Trinajstić information content (AvgIpc) is 2.59. The summed E-state index contributed by atoms with van der Waals surface area (Å²) in [6.07, 6.45) is 0. The van der Waals surface area contributed by atoms with E-state index in [-0.39, 0.29) is 34.8 Å². The van der Waals surface area contributed by atoms with E-state index >= 15 is 0 Å². The molecule has 0 saturated heterocycles. The molecule has 0 heterocycles. The van der Waals surface area contributed by atoms with E-state index in [4.69, 9.17) is 4.74 Å². The highest BCUT2D eigenvalue weighted by Gasteiger charge is 2.24. The Bertz CT molecular complexity index is 663. The second-order valence-corrected chi connectivity index (χ2v) is 7.29. The molecule has 1 aromatic rings. The molecular formula is C16H28ClN3O4S. The molecule has 0 aliphatic carbocycles. The topological polar surface area (TPSA) is 87.7 Å². The number of likely N-dealkylation sites (N-methyl/N-ethyl adjacent to an activating group) is 1. The van der Waals surface area contributed by atoms with Gasteiger partial charge in [0.25, 0.3) is 5.91 Å². The van der Waals surface area contributed by atoms with Crippen molar-refractivity contribution >= 4 is 28.3 Å². The number of rotatable bonds is 9. The predicted octanol–water partition coefficient (Wildman–Crippen LogP) is 1.49. The van der Waals surface area contributed by atoms with Crippen LogP contribution < -0.4 is 15.4 Å². The maximum absolute atomic E-state index is 12.6. The average molecular weight is 394 g/mol. The number of carbonyl (C=O) groups excluding carboxylic acids is 1. The lowest BCUT2D eigenvalue weighted by atomic mass is 10.2. The van der Waals surface area contributed by atoms with Crippen LogP contribution in [-0.4, -0.2) is 58.5 Å². The molecular weight excluding hydrogens is 366 g/mol. The van der Waals surface area contributed by atoms with Gasteiger partial charge in [-0.15, -0.1) is 12.4 Å². The van der Waals surface area contributed by atoms with Gasteiger partial charge in [-0.1, -0.05) is 13.8 Å². The molecule has 0 bridgehead atoms. The molecule has 1 unspecified atom stereocenters. The Morgan fingerprint density at radius 3 is 2.36 bits per heavy atom. The molecule has 1 amide bonds. The first kappa shape index (κ1) is 23.6. The monoisotopic (exact) mass is 393 g/mol. The molecule has 7 nitrogen and oxygen atoms in total. The van der Waals surface area contributed by atoms with E-state index in [1.807, 2.05) is 6.92 Å². The molecule has 25 heavy (non-hydrogen) atoms. The first-order valence-corrected chi connectivity index (χ1v) is 9.39. The highest BCUT2D eigenvalue weighted by Crippen LogP contribution is 2.24. The fraction of sp³-hybridized carbons (Fsp3) is 0.562. The van der Waals surface area contributed by atoms with Gasteiger partial charge in [-0.05, 0) is 32.2 Å². The Morgan fingerprint density at radius 1 is 1.28 bits per heavy atom. The van der Waals surface area contributed by atoms with Crippen LogP contribution in [0.1, 0.15) is 31.1 Å². The number of hydrogen-bond acceptors (Lipinski definition) is 5. The van der Waals surface area contributed by atoms with Gasteiger partial charge in [0.2, 0.25) is 10.0 Å². The smallest absolute Gasteiger partial charge is 0.255 e.